The van der Waals surface area contributed by atoms with Crippen molar-refractivity contribution in [2.75, 3.05) is 10.6 Å². The van der Waals surface area contributed by atoms with E-state index in [1.165, 1.54) is 12.5 Å². The number of pyridine rings is 1. The molecule has 1 aromatic carbocycles. The number of benzene rings is 1. The van der Waals surface area contributed by atoms with Crippen molar-refractivity contribution in [3.63, 3.8) is 0 Å². The smallest absolute Gasteiger partial charge is 0.334 e. The van der Waals surface area contributed by atoms with Crippen molar-refractivity contribution in [3.8, 4) is 0 Å². The largest absolute Gasteiger partial charge is 0.353 e. The first-order valence-corrected chi connectivity index (χ1v) is 8.39. The number of nitrogens with zero attached hydrogens (tertiary/aromatic N) is 4. The Balaban J connectivity index is 1.94. The van der Waals surface area contributed by atoms with Crippen molar-refractivity contribution >= 4 is 63.0 Å². The molecule has 0 radical (unpaired) electrons. The highest BCUT2D eigenvalue weighted by atomic mass is 127. The second-order valence-electron chi connectivity index (χ2n) is 4.80. The Bertz CT molecular complexity index is 839. The van der Waals surface area contributed by atoms with Gasteiger partial charge in [-0.1, -0.05) is 11.6 Å². The molecule has 10 heteroatoms. The molecule has 0 unspecified atom stereocenters. The molecule has 0 amide bonds. The van der Waals surface area contributed by atoms with Gasteiger partial charge < -0.3 is 10.6 Å². The van der Waals surface area contributed by atoms with E-state index >= 15 is 0 Å². The van der Waals surface area contributed by atoms with Crippen LogP contribution in [0.2, 0.25) is 5.02 Å². The molecule has 2 aromatic heterocycles. The Morgan fingerprint density at radius 1 is 1.00 bits per heavy atom. The lowest BCUT2D eigenvalue weighted by atomic mass is 10.3. The Morgan fingerprint density at radius 3 is 2.28 bits per heavy atom. The van der Waals surface area contributed by atoms with Gasteiger partial charge in [-0.2, -0.15) is 0 Å². The number of rotatable bonds is 5. The highest BCUT2D eigenvalue weighted by Gasteiger charge is 2.23. The quantitative estimate of drug-likeness (QED) is 0.322. The van der Waals surface area contributed by atoms with Crippen LogP contribution in [0, 0.1) is 13.7 Å². The van der Waals surface area contributed by atoms with Crippen LogP contribution >= 0.6 is 34.2 Å². The predicted molar refractivity (Wildman–Crippen MR) is 104 cm³/mol. The monoisotopic (exact) mass is 468 g/mol. The van der Waals surface area contributed by atoms with Crippen molar-refractivity contribution in [3.05, 3.63) is 67.6 Å². The first-order valence-electron chi connectivity index (χ1n) is 6.93. The van der Waals surface area contributed by atoms with Gasteiger partial charge in [-0.3, -0.25) is 10.1 Å². The summed E-state index contributed by atoms with van der Waals surface area (Å²) in [6.45, 7) is 0. The van der Waals surface area contributed by atoms with Crippen LogP contribution in [0.3, 0.4) is 0 Å². The minimum absolute atomic E-state index is 0.0304. The Hall–Kier alpha value is -2.53. The van der Waals surface area contributed by atoms with Gasteiger partial charge in [0.15, 0.2) is 0 Å². The summed E-state index contributed by atoms with van der Waals surface area (Å²) in [4.78, 5) is 23.0. The van der Waals surface area contributed by atoms with E-state index in [0.29, 0.717) is 16.5 Å². The third-order valence-corrected chi connectivity index (χ3v) is 4.03. The SMILES string of the molecule is O=[N+]([O-])c1c(Nc2ccc(I)cc2)ncnc1Nc1ccc(Cl)cn1. The molecule has 0 atom stereocenters. The van der Waals surface area contributed by atoms with Crippen molar-refractivity contribution < 1.29 is 4.92 Å². The van der Waals surface area contributed by atoms with Crippen LogP contribution < -0.4 is 10.6 Å². The minimum atomic E-state index is -0.548. The molecular weight excluding hydrogens is 459 g/mol. The molecule has 0 spiro atoms. The second-order valence-corrected chi connectivity index (χ2v) is 6.48. The highest BCUT2D eigenvalue weighted by molar-refractivity contribution is 14.1. The van der Waals surface area contributed by atoms with Crippen molar-refractivity contribution in [2.24, 2.45) is 0 Å². The molecule has 0 aliphatic rings. The van der Waals surface area contributed by atoms with Crippen LogP contribution in [0.4, 0.5) is 28.8 Å². The molecule has 0 saturated carbocycles. The summed E-state index contributed by atoms with van der Waals surface area (Å²) in [5.41, 5.74) is 0.399. The normalized spacial score (nSPS) is 10.3. The predicted octanol–water partition coefficient (Wildman–Crippen LogP) is 4.53. The Morgan fingerprint density at radius 2 is 1.68 bits per heavy atom. The highest BCUT2D eigenvalue weighted by Crippen LogP contribution is 2.32. The fourth-order valence-corrected chi connectivity index (χ4v) is 2.45. The lowest BCUT2D eigenvalue weighted by Gasteiger charge is -2.09. The Kier molecular flexibility index (Phi) is 5.24. The Labute approximate surface area is 161 Å². The van der Waals surface area contributed by atoms with E-state index < -0.39 is 4.92 Å². The van der Waals surface area contributed by atoms with E-state index in [1.54, 1.807) is 12.1 Å². The van der Waals surface area contributed by atoms with E-state index in [1.807, 2.05) is 24.3 Å². The molecule has 3 rings (SSSR count). The van der Waals surface area contributed by atoms with Crippen molar-refractivity contribution in [2.45, 2.75) is 0 Å². The number of hydrogen-bond donors (Lipinski definition) is 2. The molecule has 25 heavy (non-hydrogen) atoms. The topological polar surface area (TPSA) is 106 Å². The molecule has 0 aliphatic heterocycles. The van der Waals surface area contributed by atoms with Crippen LogP contribution in [-0.4, -0.2) is 19.9 Å². The van der Waals surface area contributed by atoms with Crippen molar-refractivity contribution in [1.29, 1.82) is 0 Å². The van der Waals surface area contributed by atoms with Crippen LogP contribution in [0.15, 0.2) is 48.9 Å². The van der Waals surface area contributed by atoms with Crippen LogP contribution in [-0.2, 0) is 0 Å². The van der Waals surface area contributed by atoms with E-state index in [0.717, 1.165) is 3.57 Å². The first kappa shape index (κ1) is 17.3. The van der Waals surface area contributed by atoms with Crippen LogP contribution in [0.1, 0.15) is 0 Å². The fraction of sp³-hybridized carbons (Fsp3) is 0. The van der Waals surface area contributed by atoms with E-state index in [9.17, 15) is 10.1 Å². The van der Waals surface area contributed by atoms with Gasteiger partial charge in [0.2, 0.25) is 11.6 Å². The maximum Gasteiger partial charge on any atom is 0.353 e. The summed E-state index contributed by atoms with van der Waals surface area (Å²) in [6.07, 6.45) is 2.67. The van der Waals surface area contributed by atoms with E-state index in [-0.39, 0.29) is 17.3 Å². The lowest BCUT2D eigenvalue weighted by Crippen LogP contribution is -2.06. The molecule has 2 heterocycles. The number of nitro groups is 1. The number of anilines is 4. The zero-order valence-electron chi connectivity index (χ0n) is 12.5. The van der Waals surface area contributed by atoms with Crippen molar-refractivity contribution in [1.82, 2.24) is 15.0 Å². The van der Waals surface area contributed by atoms with Gasteiger partial charge in [-0.15, -0.1) is 0 Å². The number of nitrogens with one attached hydrogen (secondary N) is 2. The molecule has 0 saturated heterocycles. The third-order valence-electron chi connectivity index (χ3n) is 3.09. The van der Waals surface area contributed by atoms with Crippen LogP contribution in [0.5, 0.6) is 0 Å². The molecule has 0 bridgehead atoms. The molecule has 8 nitrogen and oxygen atoms in total. The number of hydrogen-bond acceptors (Lipinski definition) is 7. The molecule has 0 aliphatic carbocycles. The zero-order valence-corrected chi connectivity index (χ0v) is 15.4. The zero-order chi connectivity index (χ0) is 17.8. The first-order chi connectivity index (χ1) is 12.0. The van der Waals surface area contributed by atoms with Gasteiger partial charge in [0.05, 0.1) is 9.95 Å². The molecule has 0 fully saturated rings. The maximum absolute atomic E-state index is 11.5. The summed E-state index contributed by atoms with van der Waals surface area (Å²) in [6, 6.07) is 10.6. The van der Waals surface area contributed by atoms with Crippen LogP contribution in [0.25, 0.3) is 0 Å². The molecule has 126 valence electrons. The molecule has 3 aromatic rings. The summed E-state index contributed by atoms with van der Waals surface area (Å²) in [5, 5.41) is 17.7. The van der Waals surface area contributed by atoms with Gasteiger partial charge in [0, 0.05) is 15.5 Å². The second kappa shape index (κ2) is 7.57. The average Bonchev–Trinajstić information content (AvgIpc) is 2.59. The summed E-state index contributed by atoms with van der Waals surface area (Å²) >= 11 is 7.97. The summed E-state index contributed by atoms with van der Waals surface area (Å²) < 4.78 is 1.05. The average molecular weight is 469 g/mol. The number of halogens is 2. The standard InChI is InChI=1S/C15H10ClIN6O2/c16-9-1-6-12(18-7-9)22-15-13(23(24)25)14(19-8-20-15)21-11-4-2-10(17)3-5-11/h1-8H,(H2,18,19,20,21,22). The van der Waals surface area contributed by atoms with E-state index in [4.69, 9.17) is 11.6 Å². The maximum atomic E-state index is 11.5. The lowest BCUT2D eigenvalue weighted by molar-refractivity contribution is -0.383. The third kappa shape index (κ3) is 4.31. The molecular formula is C15H10ClIN6O2. The van der Waals surface area contributed by atoms with Gasteiger partial charge in [-0.25, -0.2) is 15.0 Å². The summed E-state index contributed by atoms with van der Waals surface area (Å²) in [7, 11) is 0. The number of aromatic nitrogens is 3. The fourth-order valence-electron chi connectivity index (χ4n) is 1.98. The molecule has 2 N–H and O–H groups in total. The minimum Gasteiger partial charge on any atom is -0.334 e. The van der Waals surface area contributed by atoms with Gasteiger partial charge in [0.1, 0.15) is 12.1 Å². The van der Waals surface area contributed by atoms with E-state index in [2.05, 4.69) is 48.2 Å². The van der Waals surface area contributed by atoms with Gasteiger partial charge in [0.25, 0.3) is 0 Å². The van der Waals surface area contributed by atoms with Gasteiger partial charge >= 0.3 is 5.69 Å². The van der Waals surface area contributed by atoms with Gasteiger partial charge in [-0.05, 0) is 59.0 Å². The summed E-state index contributed by atoms with van der Waals surface area (Å²) in [5.74, 6) is 0.493.